The third-order valence-electron chi connectivity index (χ3n) is 6.24. The molecule has 1 saturated heterocycles. The first-order valence-electron chi connectivity index (χ1n) is 11.3. The molecule has 0 amide bonds. The van der Waals surface area contributed by atoms with Crippen LogP contribution in [0.4, 0.5) is 4.39 Å². The van der Waals surface area contributed by atoms with E-state index in [1.807, 2.05) is 12.3 Å². The largest absolute Gasteiger partial charge is 0.390 e. The fraction of sp³-hybridized carbons (Fsp3) is 0.440. The molecule has 1 aliphatic rings. The highest BCUT2D eigenvalue weighted by Crippen LogP contribution is 2.37. The van der Waals surface area contributed by atoms with E-state index in [0.717, 1.165) is 24.9 Å². The molecular formula is C25H31FN4O. The molecular weight excluding hydrogens is 391 g/mol. The second-order valence-corrected chi connectivity index (χ2v) is 8.44. The predicted octanol–water partition coefficient (Wildman–Crippen LogP) is 5.01. The highest BCUT2D eigenvalue weighted by Gasteiger charge is 2.36. The van der Waals surface area contributed by atoms with Crippen molar-refractivity contribution in [3.63, 3.8) is 0 Å². The second-order valence-electron chi connectivity index (χ2n) is 8.44. The molecule has 3 atom stereocenters. The Balaban J connectivity index is 1.53. The minimum absolute atomic E-state index is 0.154. The van der Waals surface area contributed by atoms with Crippen LogP contribution in [-0.2, 0) is 0 Å². The third kappa shape index (κ3) is 5.20. The van der Waals surface area contributed by atoms with E-state index in [-0.39, 0.29) is 17.9 Å². The van der Waals surface area contributed by atoms with Gasteiger partial charge in [0.25, 0.3) is 0 Å². The summed E-state index contributed by atoms with van der Waals surface area (Å²) in [7, 11) is 0. The summed E-state index contributed by atoms with van der Waals surface area (Å²) in [6, 6.07) is 16.9. The zero-order valence-electron chi connectivity index (χ0n) is 18.1. The zero-order chi connectivity index (χ0) is 21.6. The molecule has 31 heavy (non-hydrogen) atoms. The topological polar surface area (TPSA) is 54.2 Å². The molecule has 1 aromatic heterocycles. The molecule has 164 valence electrons. The lowest BCUT2D eigenvalue weighted by Gasteiger charge is -2.42. The van der Waals surface area contributed by atoms with E-state index in [2.05, 4.69) is 46.4 Å². The van der Waals surface area contributed by atoms with Crippen LogP contribution in [0.3, 0.4) is 0 Å². The highest BCUT2D eigenvalue weighted by atomic mass is 19.1. The van der Waals surface area contributed by atoms with Crippen molar-refractivity contribution in [3.8, 4) is 11.3 Å². The summed E-state index contributed by atoms with van der Waals surface area (Å²) in [5.74, 6) is -0.274. The fourth-order valence-corrected chi connectivity index (χ4v) is 4.51. The quantitative estimate of drug-likeness (QED) is 0.518. The minimum Gasteiger partial charge on any atom is -0.390 e. The Morgan fingerprint density at radius 3 is 2.55 bits per heavy atom. The number of hydrogen-bond donors (Lipinski definition) is 1. The molecule has 1 fully saturated rings. The number of unbranched alkanes of at least 4 members (excludes halogenated alkanes) is 3. The number of β-amino-alcohol motifs (C(OH)–C–C–N with tert-alkyl or cyclic N) is 1. The summed E-state index contributed by atoms with van der Waals surface area (Å²) in [5.41, 5.74) is 2.77. The summed E-state index contributed by atoms with van der Waals surface area (Å²) < 4.78 is 15.0. The number of likely N-dealkylation sites (tertiary alicyclic amines) is 1. The number of aromatic nitrogens is 3. The van der Waals surface area contributed by atoms with Gasteiger partial charge in [0.2, 0.25) is 0 Å². The van der Waals surface area contributed by atoms with Crippen LogP contribution in [0, 0.1) is 5.82 Å². The van der Waals surface area contributed by atoms with E-state index in [0.29, 0.717) is 12.2 Å². The standard InChI is InChI=1S/C25H31FN4O/c1-2-3-4-8-15-29-18-25(31)24(16-23(29)20-9-6-5-7-10-20)30-17-22(27-28-30)19-11-13-21(26)14-12-19/h5-7,9-14,17,23-25,31H,2-4,8,15-16,18H2,1H3/t23-,24-,25-/m1/s1. The zero-order valence-corrected chi connectivity index (χ0v) is 18.1. The number of nitrogens with zero attached hydrogens (tertiary/aromatic N) is 4. The summed E-state index contributed by atoms with van der Waals surface area (Å²) in [6.07, 6.45) is 6.94. The normalized spacial score (nSPS) is 22.0. The molecule has 0 aliphatic carbocycles. The van der Waals surface area contributed by atoms with Crippen LogP contribution in [0.1, 0.15) is 56.7 Å². The Bertz CT molecular complexity index is 944. The van der Waals surface area contributed by atoms with Gasteiger partial charge in [-0.25, -0.2) is 9.07 Å². The van der Waals surface area contributed by atoms with Crippen LogP contribution in [0.25, 0.3) is 11.3 Å². The first kappa shape index (κ1) is 21.7. The van der Waals surface area contributed by atoms with Gasteiger partial charge in [0.1, 0.15) is 11.5 Å². The summed E-state index contributed by atoms with van der Waals surface area (Å²) in [5, 5.41) is 19.6. The molecule has 0 bridgehead atoms. The molecule has 0 spiro atoms. The number of rotatable bonds is 8. The first-order chi connectivity index (χ1) is 15.2. The number of benzene rings is 2. The number of hydrogen-bond acceptors (Lipinski definition) is 4. The Kier molecular flexibility index (Phi) is 7.10. The smallest absolute Gasteiger partial charge is 0.123 e. The Labute approximate surface area is 183 Å². The first-order valence-corrected chi connectivity index (χ1v) is 11.3. The summed E-state index contributed by atoms with van der Waals surface area (Å²) in [4.78, 5) is 2.42. The Hall–Kier alpha value is -2.57. The average molecular weight is 423 g/mol. The molecule has 0 unspecified atom stereocenters. The molecule has 1 aliphatic heterocycles. The molecule has 4 rings (SSSR count). The molecule has 2 aromatic carbocycles. The van der Waals surface area contributed by atoms with Crippen molar-refractivity contribution in [1.82, 2.24) is 19.9 Å². The van der Waals surface area contributed by atoms with Crippen molar-refractivity contribution in [2.45, 2.75) is 57.2 Å². The van der Waals surface area contributed by atoms with Crippen LogP contribution in [0.2, 0.25) is 0 Å². The van der Waals surface area contributed by atoms with E-state index >= 15 is 0 Å². The maximum atomic E-state index is 13.2. The number of piperidine rings is 1. The van der Waals surface area contributed by atoms with Crippen LogP contribution < -0.4 is 0 Å². The van der Waals surface area contributed by atoms with E-state index in [1.165, 1.54) is 37.0 Å². The van der Waals surface area contributed by atoms with E-state index in [1.54, 1.807) is 16.8 Å². The monoisotopic (exact) mass is 422 g/mol. The summed E-state index contributed by atoms with van der Waals surface area (Å²) >= 11 is 0. The minimum atomic E-state index is -0.520. The molecule has 0 radical (unpaired) electrons. The molecule has 1 N–H and O–H groups in total. The molecule has 0 saturated carbocycles. The van der Waals surface area contributed by atoms with Crippen LogP contribution >= 0.6 is 0 Å². The molecule has 2 heterocycles. The number of aliphatic hydroxyl groups is 1. The maximum absolute atomic E-state index is 13.2. The van der Waals surface area contributed by atoms with Gasteiger partial charge in [-0.2, -0.15) is 0 Å². The van der Waals surface area contributed by atoms with Gasteiger partial charge < -0.3 is 5.11 Å². The van der Waals surface area contributed by atoms with Gasteiger partial charge in [-0.1, -0.05) is 61.7 Å². The van der Waals surface area contributed by atoms with E-state index < -0.39 is 6.10 Å². The Morgan fingerprint density at radius 2 is 1.81 bits per heavy atom. The third-order valence-corrected chi connectivity index (χ3v) is 6.24. The van der Waals surface area contributed by atoms with Gasteiger partial charge in [-0.15, -0.1) is 5.10 Å². The Morgan fingerprint density at radius 1 is 1.03 bits per heavy atom. The van der Waals surface area contributed by atoms with Gasteiger partial charge in [0, 0.05) is 18.2 Å². The molecule has 6 heteroatoms. The predicted molar refractivity (Wildman–Crippen MR) is 120 cm³/mol. The van der Waals surface area contributed by atoms with Gasteiger partial charge >= 0.3 is 0 Å². The fourth-order valence-electron chi connectivity index (χ4n) is 4.51. The SMILES string of the molecule is CCCCCCN1C[C@@H](O)[C@H](n2cc(-c3ccc(F)cc3)nn2)C[C@@H]1c1ccccc1. The van der Waals surface area contributed by atoms with E-state index in [4.69, 9.17) is 0 Å². The van der Waals surface area contributed by atoms with Gasteiger partial charge in [0.15, 0.2) is 0 Å². The van der Waals surface area contributed by atoms with Crippen molar-refractivity contribution in [2.75, 3.05) is 13.1 Å². The van der Waals surface area contributed by atoms with Crippen LogP contribution in [-0.4, -0.2) is 44.2 Å². The number of aliphatic hydroxyl groups excluding tert-OH is 1. The van der Waals surface area contributed by atoms with Gasteiger partial charge in [0.05, 0.1) is 18.3 Å². The van der Waals surface area contributed by atoms with Crippen LogP contribution in [0.15, 0.2) is 60.8 Å². The lowest BCUT2D eigenvalue weighted by molar-refractivity contribution is -0.0102. The van der Waals surface area contributed by atoms with Crippen molar-refractivity contribution < 1.29 is 9.50 Å². The van der Waals surface area contributed by atoms with Crippen molar-refractivity contribution >= 4 is 0 Å². The van der Waals surface area contributed by atoms with E-state index in [9.17, 15) is 9.50 Å². The van der Waals surface area contributed by atoms with Crippen molar-refractivity contribution in [3.05, 3.63) is 72.2 Å². The average Bonchev–Trinajstić information content (AvgIpc) is 3.28. The lowest BCUT2D eigenvalue weighted by atomic mass is 9.89. The second kappa shape index (κ2) is 10.2. The highest BCUT2D eigenvalue weighted by molar-refractivity contribution is 5.57. The van der Waals surface area contributed by atoms with Crippen molar-refractivity contribution in [2.24, 2.45) is 0 Å². The maximum Gasteiger partial charge on any atom is 0.123 e. The van der Waals surface area contributed by atoms with Crippen molar-refractivity contribution in [1.29, 1.82) is 0 Å². The van der Waals surface area contributed by atoms with Gasteiger partial charge in [-0.3, -0.25) is 4.90 Å². The summed E-state index contributed by atoms with van der Waals surface area (Å²) in [6.45, 7) is 3.82. The van der Waals surface area contributed by atoms with Gasteiger partial charge in [-0.05, 0) is 49.2 Å². The number of halogens is 1. The lowest BCUT2D eigenvalue weighted by Crippen LogP contribution is -2.46. The van der Waals surface area contributed by atoms with Crippen LogP contribution in [0.5, 0.6) is 0 Å². The molecule has 3 aromatic rings. The molecule has 5 nitrogen and oxygen atoms in total.